The Morgan fingerprint density at radius 1 is 1.50 bits per heavy atom. The van der Waals surface area contributed by atoms with E-state index in [4.69, 9.17) is 5.11 Å². The summed E-state index contributed by atoms with van der Waals surface area (Å²) in [7, 11) is 0. The number of carbonyl (C=O) groups is 2. The maximum atomic E-state index is 12.0. The summed E-state index contributed by atoms with van der Waals surface area (Å²) in [5.41, 5.74) is 0. The maximum absolute atomic E-state index is 12.0. The van der Waals surface area contributed by atoms with Crippen LogP contribution >= 0.6 is 11.3 Å². The first-order valence-electron chi connectivity index (χ1n) is 6.68. The van der Waals surface area contributed by atoms with E-state index < -0.39 is 5.97 Å². The van der Waals surface area contributed by atoms with Crippen molar-refractivity contribution in [2.45, 2.75) is 32.6 Å². The second kappa shape index (κ2) is 6.65. The summed E-state index contributed by atoms with van der Waals surface area (Å²) in [6.45, 7) is 3.26. The van der Waals surface area contributed by atoms with Crippen LogP contribution in [0, 0.1) is 5.92 Å². The van der Waals surface area contributed by atoms with Crippen LogP contribution in [0.15, 0.2) is 0 Å². The number of nitrogens with one attached hydrogen (secondary N) is 1. The fraction of sp³-hybridized carbons (Fsp3) is 0.667. The molecule has 0 aromatic carbocycles. The van der Waals surface area contributed by atoms with E-state index in [0.717, 1.165) is 17.8 Å². The highest BCUT2D eigenvalue weighted by Crippen LogP contribution is 2.22. The fourth-order valence-electron chi connectivity index (χ4n) is 2.20. The van der Waals surface area contributed by atoms with Gasteiger partial charge in [-0.3, -0.25) is 10.1 Å². The number of carboxylic acid groups (broad SMARTS) is 1. The third-order valence-electron chi connectivity index (χ3n) is 3.32. The molecule has 0 aliphatic carbocycles. The Hall–Kier alpha value is -1.70. The van der Waals surface area contributed by atoms with Gasteiger partial charge in [0.15, 0.2) is 0 Å². The molecule has 0 spiro atoms. The van der Waals surface area contributed by atoms with Gasteiger partial charge in [0.1, 0.15) is 5.01 Å². The molecule has 110 valence electrons. The van der Waals surface area contributed by atoms with E-state index in [1.807, 2.05) is 6.92 Å². The van der Waals surface area contributed by atoms with Gasteiger partial charge >= 0.3 is 12.0 Å². The third-order valence-corrected chi connectivity index (χ3v) is 4.31. The van der Waals surface area contributed by atoms with E-state index >= 15 is 0 Å². The van der Waals surface area contributed by atoms with Gasteiger partial charge in [0.2, 0.25) is 5.13 Å². The number of anilines is 1. The average Bonchev–Trinajstić information content (AvgIpc) is 3.04. The first-order valence-corrected chi connectivity index (χ1v) is 7.50. The van der Waals surface area contributed by atoms with Crippen molar-refractivity contribution in [3.63, 3.8) is 0 Å². The Morgan fingerprint density at radius 3 is 2.95 bits per heavy atom. The van der Waals surface area contributed by atoms with Crippen molar-refractivity contribution in [2.24, 2.45) is 5.92 Å². The van der Waals surface area contributed by atoms with Crippen LogP contribution in [0.2, 0.25) is 0 Å². The van der Waals surface area contributed by atoms with Crippen molar-refractivity contribution in [1.82, 2.24) is 15.1 Å². The molecule has 1 aromatic rings. The number of likely N-dealkylation sites (tertiary alicyclic amines) is 1. The molecule has 0 bridgehead atoms. The second-order valence-electron chi connectivity index (χ2n) is 4.82. The Labute approximate surface area is 121 Å². The molecule has 1 unspecified atom stereocenters. The Balaban J connectivity index is 1.80. The smallest absolute Gasteiger partial charge is 0.323 e. The third kappa shape index (κ3) is 3.89. The molecule has 8 heteroatoms. The van der Waals surface area contributed by atoms with Crippen LogP contribution in [0.4, 0.5) is 9.93 Å². The number of nitrogens with zero attached hydrogens (tertiary/aromatic N) is 3. The summed E-state index contributed by atoms with van der Waals surface area (Å²) in [4.78, 5) is 24.3. The van der Waals surface area contributed by atoms with Gasteiger partial charge in [-0.05, 0) is 25.2 Å². The van der Waals surface area contributed by atoms with E-state index in [9.17, 15) is 9.59 Å². The predicted octanol–water partition coefficient (Wildman–Crippen LogP) is 1.82. The SMILES string of the molecule is CCc1nnc(NC(=O)N2CCC(CCC(=O)O)C2)s1. The van der Waals surface area contributed by atoms with Crippen LogP contribution in [0.3, 0.4) is 0 Å². The molecule has 2 rings (SSSR count). The van der Waals surface area contributed by atoms with Crippen LogP contribution in [-0.2, 0) is 11.2 Å². The van der Waals surface area contributed by atoms with Crippen molar-refractivity contribution in [1.29, 1.82) is 0 Å². The molecule has 2 N–H and O–H groups in total. The molecule has 2 amide bonds. The molecule has 1 aliphatic heterocycles. The summed E-state index contributed by atoms with van der Waals surface area (Å²) >= 11 is 1.38. The quantitative estimate of drug-likeness (QED) is 0.864. The molecule has 20 heavy (non-hydrogen) atoms. The van der Waals surface area contributed by atoms with Gasteiger partial charge in [-0.1, -0.05) is 18.3 Å². The number of aliphatic carboxylic acids is 1. The van der Waals surface area contributed by atoms with E-state index in [1.165, 1.54) is 11.3 Å². The molecule has 2 heterocycles. The predicted molar refractivity (Wildman–Crippen MR) is 74.9 cm³/mol. The monoisotopic (exact) mass is 298 g/mol. The molecule has 1 aliphatic rings. The number of hydrogen-bond donors (Lipinski definition) is 2. The van der Waals surface area contributed by atoms with Gasteiger partial charge in [0.05, 0.1) is 0 Å². The van der Waals surface area contributed by atoms with E-state index in [1.54, 1.807) is 4.90 Å². The second-order valence-corrected chi connectivity index (χ2v) is 5.88. The molecule has 7 nitrogen and oxygen atoms in total. The number of carboxylic acids is 1. The summed E-state index contributed by atoms with van der Waals surface area (Å²) in [6.07, 6.45) is 2.44. The number of rotatable bonds is 5. The number of hydrogen-bond acceptors (Lipinski definition) is 5. The highest BCUT2D eigenvalue weighted by atomic mass is 32.1. The van der Waals surface area contributed by atoms with E-state index in [0.29, 0.717) is 24.6 Å². The lowest BCUT2D eigenvalue weighted by molar-refractivity contribution is -0.137. The minimum Gasteiger partial charge on any atom is -0.481 e. The Bertz CT molecular complexity index is 491. The highest BCUT2D eigenvalue weighted by Gasteiger charge is 2.27. The molecule has 0 radical (unpaired) electrons. The topological polar surface area (TPSA) is 95.4 Å². The summed E-state index contributed by atoms with van der Waals surface area (Å²) in [5.74, 6) is -0.508. The van der Waals surface area contributed by atoms with Crippen molar-refractivity contribution < 1.29 is 14.7 Å². The van der Waals surface area contributed by atoms with Crippen LogP contribution in [0.25, 0.3) is 0 Å². The number of amides is 2. The molecular weight excluding hydrogens is 280 g/mol. The number of urea groups is 1. The molecule has 1 aromatic heterocycles. The normalized spacial score (nSPS) is 18.2. The minimum atomic E-state index is -0.783. The average molecular weight is 298 g/mol. The number of carbonyl (C=O) groups excluding carboxylic acids is 1. The van der Waals surface area contributed by atoms with Crippen LogP contribution in [0.1, 0.15) is 31.2 Å². The van der Waals surface area contributed by atoms with Crippen LogP contribution in [0.5, 0.6) is 0 Å². The molecule has 1 saturated heterocycles. The number of aromatic nitrogens is 2. The molecule has 0 saturated carbocycles. The zero-order valence-corrected chi connectivity index (χ0v) is 12.2. The Morgan fingerprint density at radius 2 is 2.30 bits per heavy atom. The van der Waals surface area contributed by atoms with Crippen molar-refractivity contribution >= 4 is 28.5 Å². The van der Waals surface area contributed by atoms with Crippen LogP contribution in [-0.4, -0.2) is 45.3 Å². The standard InChI is InChI=1S/C12H18N4O3S/c1-2-9-14-15-11(20-9)13-12(19)16-6-5-8(7-16)3-4-10(17)18/h8H,2-7H2,1H3,(H,17,18)(H,13,15,19). The Kier molecular flexibility index (Phi) is 4.89. The lowest BCUT2D eigenvalue weighted by Gasteiger charge is -2.15. The minimum absolute atomic E-state index is 0.163. The largest absolute Gasteiger partial charge is 0.481 e. The molecule has 1 atom stereocenters. The lowest BCUT2D eigenvalue weighted by atomic mass is 10.0. The van der Waals surface area contributed by atoms with Gasteiger partial charge in [-0.15, -0.1) is 10.2 Å². The first-order chi connectivity index (χ1) is 9.58. The van der Waals surface area contributed by atoms with E-state index in [2.05, 4.69) is 15.5 Å². The highest BCUT2D eigenvalue weighted by molar-refractivity contribution is 7.15. The lowest BCUT2D eigenvalue weighted by Crippen LogP contribution is -2.33. The van der Waals surface area contributed by atoms with Gasteiger partial charge in [0, 0.05) is 19.5 Å². The maximum Gasteiger partial charge on any atom is 0.323 e. The van der Waals surface area contributed by atoms with Gasteiger partial charge < -0.3 is 10.0 Å². The van der Waals surface area contributed by atoms with Crippen molar-refractivity contribution in [3.05, 3.63) is 5.01 Å². The molecular formula is C12H18N4O3S. The first kappa shape index (κ1) is 14.7. The summed E-state index contributed by atoms with van der Waals surface area (Å²) < 4.78 is 0. The van der Waals surface area contributed by atoms with Gasteiger partial charge in [0.25, 0.3) is 0 Å². The summed E-state index contributed by atoms with van der Waals surface area (Å²) in [6, 6.07) is -0.179. The zero-order valence-electron chi connectivity index (χ0n) is 11.3. The van der Waals surface area contributed by atoms with Gasteiger partial charge in [-0.2, -0.15) is 0 Å². The fourth-order valence-corrected chi connectivity index (χ4v) is 2.87. The van der Waals surface area contributed by atoms with Crippen molar-refractivity contribution in [3.8, 4) is 0 Å². The van der Waals surface area contributed by atoms with E-state index in [-0.39, 0.29) is 18.4 Å². The molecule has 1 fully saturated rings. The summed E-state index contributed by atoms with van der Waals surface area (Å²) in [5, 5.41) is 20.7. The van der Waals surface area contributed by atoms with Crippen LogP contribution < -0.4 is 5.32 Å². The number of aryl methyl sites for hydroxylation is 1. The van der Waals surface area contributed by atoms with Gasteiger partial charge in [-0.25, -0.2) is 4.79 Å². The zero-order chi connectivity index (χ0) is 14.5. The van der Waals surface area contributed by atoms with Crippen molar-refractivity contribution in [2.75, 3.05) is 18.4 Å².